The monoisotopic (exact) mass is 438 g/mol. The summed E-state index contributed by atoms with van der Waals surface area (Å²) in [4.78, 5) is 20.5. The molecule has 1 heterocycles. The van der Waals surface area contributed by atoms with Gasteiger partial charge in [-0.1, -0.05) is 5.92 Å². The van der Waals surface area contributed by atoms with Crippen LogP contribution in [0.15, 0.2) is 6.20 Å². The predicted molar refractivity (Wildman–Crippen MR) is 115 cm³/mol. The Labute approximate surface area is 183 Å². The van der Waals surface area contributed by atoms with Crippen LogP contribution in [-0.2, 0) is 14.2 Å². The van der Waals surface area contributed by atoms with Gasteiger partial charge >= 0.3 is 6.09 Å². The average molecular weight is 439 g/mol. The van der Waals surface area contributed by atoms with E-state index in [0.717, 1.165) is 19.3 Å². The van der Waals surface area contributed by atoms with E-state index in [2.05, 4.69) is 32.4 Å². The first-order valence-corrected chi connectivity index (χ1v) is 10.6. The molecule has 1 aliphatic carbocycles. The summed E-state index contributed by atoms with van der Waals surface area (Å²) in [5.41, 5.74) is 0.0263. The summed E-state index contributed by atoms with van der Waals surface area (Å²) in [6, 6.07) is -0.118. The molecule has 2 N–H and O–H groups in total. The van der Waals surface area contributed by atoms with Crippen LogP contribution in [0, 0.1) is 11.8 Å². The number of alkyl carbamates (subject to hydrolysis) is 1. The third-order valence-corrected chi connectivity index (χ3v) is 4.44. The number of nitrogens with zero attached hydrogens (tertiary/aromatic N) is 2. The molecule has 1 fully saturated rings. The number of hydrogen-bond acceptors (Lipinski definition) is 7. The molecule has 30 heavy (non-hydrogen) atoms. The summed E-state index contributed by atoms with van der Waals surface area (Å²) in [6.45, 7) is 10.2. The van der Waals surface area contributed by atoms with Crippen LogP contribution in [0.5, 0.6) is 0 Å². The maximum Gasteiger partial charge on any atom is 0.407 e. The number of carbonyl (C=O) groups is 1. The summed E-state index contributed by atoms with van der Waals surface area (Å²) in [5, 5.41) is 6.43. The lowest BCUT2D eigenvalue weighted by Crippen LogP contribution is -2.45. The Morgan fingerprint density at radius 1 is 1.27 bits per heavy atom. The van der Waals surface area contributed by atoms with Gasteiger partial charge in [-0.05, 0) is 71.4 Å². The lowest BCUT2D eigenvalue weighted by atomic mass is 10.1. The van der Waals surface area contributed by atoms with Crippen LogP contribution in [0.3, 0.4) is 0 Å². The number of halogens is 1. The van der Waals surface area contributed by atoms with Gasteiger partial charge in [-0.2, -0.15) is 4.98 Å². The highest BCUT2D eigenvalue weighted by molar-refractivity contribution is 6.28. The van der Waals surface area contributed by atoms with E-state index in [9.17, 15) is 4.79 Å². The molecule has 8 nitrogen and oxygen atoms in total. The van der Waals surface area contributed by atoms with Crippen LogP contribution in [-0.4, -0.2) is 53.2 Å². The van der Waals surface area contributed by atoms with Gasteiger partial charge in [-0.25, -0.2) is 9.78 Å². The molecule has 2 atom stereocenters. The molecule has 1 saturated carbocycles. The number of carbonyl (C=O) groups excluding carboxylic acids is 1. The minimum Gasteiger partial charge on any atom is -0.444 e. The van der Waals surface area contributed by atoms with Crippen LogP contribution in [0.25, 0.3) is 0 Å². The van der Waals surface area contributed by atoms with Crippen molar-refractivity contribution in [2.24, 2.45) is 0 Å². The summed E-state index contributed by atoms with van der Waals surface area (Å²) in [5.74, 6) is 6.47. The molecule has 0 unspecified atom stereocenters. The van der Waals surface area contributed by atoms with Gasteiger partial charge in [-0.15, -0.1) is 0 Å². The highest BCUT2D eigenvalue weighted by Gasteiger charge is 2.31. The van der Waals surface area contributed by atoms with Crippen molar-refractivity contribution in [2.45, 2.75) is 77.9 Å². The topological polar surface area (TPSA) is 94.6 Å². The third-order valence-electron chi connectivity index (χ3n) is 4.26. The van der Waals surface area contributed by atoms with E-state index in [-0.39, 0.29) is 17.4 Å². The largest absolute Gasteiger partial charge is 0.444 e. The number of hydrogen-bond donors (Lipinski definition) is 2. The Hall–Kier alpha value is -2.08. The Morgan fingerprint density at radius 3 is 2.57 bits per heavy atom. The van der Waals surface area contributed by atoms with Crippen molar-refractivity contribution < 1.29 is 19.0 Å². The van der Waals surface area contributed by atoms with Gasteiger partial charge in [0.25, 0.3) is 0 Å². The molecule has 1 aromatic rings. The lowest BCUT2D eigenvalue weighted by Gasteiger charge is -2.25. The van der Waals surface area contributed by atoms with Gasteiger partial charge in [0.2, 0.25) is 11.6 Å². The molecular formula is C21H31ClN4O4. The van der Waals surface area contributed by atoms with Crippen LogP contribution < -0.4 is 10.6 Å². The van der Waals surface area contributed by atoms with E-state index in [1.807, 2.05) is 34.6 Å². The fraction of sp³-hybridized carbons (Fsp3) is 0.667. The molecule has 9 heteroatoms. The normalized spacial score (nSPS) is 18.6. The van der Waals surface area contributed by atoms with Crippen molar-refractivity contribution in [2.75, 3.05) is 18.5 Å². The first-order valence-electron chi connectivity index (χ1n) is 10.2. The Balaban J connectivity index is 2.13. The highest BCUT2D eigenvalue weighted by Crippen LogP contribution is 2.25. The quantitative estimate of drug-likeness (QED) is 0.380. The molecule has 0 aromatic carbocycles. The Morgan fingerprint density at radius 2 is 1.93 bits per heavy atom. The van der Waals surface area contributed by atoms with E-state index < -0.39 is 18.0 Å². The van der Waals surface area contributed by atoms with Crippen LogP contribution in [0.1, 0.15) is 59.4 Å². The highest BCUT2D eigenvalue weighted by atomic mass is 35.5. The maximum absolute atomic E-state index is 12.2. The van der Waals surface area contributed by atoms with Gasteiger partial charge < -0.3 is 24.8 Å². The minimum absolute atomic E-state index is 0.0291. The molecule has 0 saturated heterocycles. The summed E-state index contributed by atoms with van der Waals surface area (Å²) in [6.07, 6.45) is 3.18. The van der Waals surface area contributed by atoms with Gasteiger partial charge in [0.1, 0.15) is 11.4 Å². The molecule has 1 amide bonds. The minimum atomic E-state index is -0.628. The van der Waals surface area contributed by atoms with Crippen molar-refractivity contribution in [3.05, 3.63) is 17.0 Å². The molecule has 1 aliphatic rings. The molecule has 0 aliphatic heterocycles. The van der Waals surface area contributed by atoms with Crippen LogP contribution in [0.2, 0.25) is 5.28 Å². The van der Waals surface area contributed by atoms with Crippen molar-refractivity contribution in [3.8, 4) is 11.8 Å². The van der Waals surface area contributed by atoms with Gasteiger partial charge in [0.15, 0.2) is 0 Å². The maximum atomic E-state index is 12.2. The smallest absolute Gasteiger partial charge is 0.407 e. The first kappa shape index (κ1) is 24.2. The van der Waals surface area contributed by atoms with Crippen molar-refractivity contribution in [1.29, 1.82) is 0 Å². The molecule has 0 spiro atoms. The Bertz CT molecular complexity index is 766. The number of aromatic nitrogens is 2. The molecule has 2 rings (SSSR count). The number of amides is 1. The lowest BCUT2D eigenvalue weighted by molar-refractivity contribution is -0.0969. The predicted octanol–water partition coefficient (Wildman–Crippen LogP) is 3.74. The SMILES string of the molecule is CCOC(C#Cc1cnc(Cl)nc1N[C@H]1CCC[C@@H]1NC(=O)OC(C)(C)C)OCC. The number of anilines is 1. The summed E-state index contributed by atoms with van der Waals surface area (Å²) in [7, 11) is 0. The second-order valence-corrected chi connectivity index (χ2v) is 8.19. The van der Waals surface area contributed by atoms with Crippen molar-refractivity contribution in [3.63, 3.8) is 0 Å². The summed E-state index contributed by atoms with van der Waals surface area (Å²) < 4.78 is 16.3. The fourth-order valence-electron chi connectivity index (χ4n) is 3.07. The van der Waals surface area contributed by atoms with Gasteiger partial charge in [0.05, 0.1) is 11.6 Å². The fourth-order valence-corrected chi connectivity index (χ4v) is 3.21. The molecule has 0 radical (unpaired) electrons. The first-order chi connectivity index (χ1) is 14.2. The van der Waals surface area contributed by atoms with Gasteiger partial charge in [-0.3, -0.25) is 0 Å². The van der Waals surface area contributed by atoms with Crippen molar-refractivity contribution >= 4 is 23.5 Å². The molecule has 0 bridgehead atoms. The van der Waals surface area contributed by atoms with Crippen LogP contribution >= 0.6 is 11.6 Å². The van der Waals surface area contributed by atoms with Crippen molar-refractivity contribution in [1.82, 2.24) is 15.3 Å². The zero-order chi connectivity index (χ0) is 22.1. The number of ether oxygens (including phenoxy) is 3. The number of nitrogens with one attached hydrogen (secondary N) is 2. The summed E-state index contributed by atoms with van der Waals surface area (Å²) >= 11 is 6.01. The van der Waals surface area contributed by atoms with E-state index in [1.165, 1.54) is 0 Å². The average Bonchev–Trinajstić information content (AvgIpc) is 3.06. The van der Waals surface area contributed by atoms with E-state index >= 15 is 0 Å². The second-order valence-electron chi connectivity index (χ2n) is 7.85. The third kappa shape index (κ3) is 7.98. The zero-order valence-electron chi connectivity index (χ0n) is 18.3. The Kier molecular flexibility index (Phi) is 9.15. The molecule has 166 valence electrons. The van der Waals surface area contributed by atoms with E-state index in [1.54, 1.807) is 6.20 Å². The van der Waals surface area contributed by atoms with Gasteiger partial charge in [0, 0.05) is 25.5 Å². The van der Waals surface area contributed by atoms with E-state index in [0.29, 0.717) is 24.6 Å². The second kappa shape index (κ2) is 11.3. The van der Waals surface area contributed by atoms with Crippen LogP contribution in [0.4, 0.5) is 10.6 Å². The number of rotatable bonds is 7. The standard InChI is InChI=1S/C21H31ClN4O4/c1-6-28-17(29-7-2)12-11-14-13-23-19(22)26-18(14)24-15-9-8-10-16(15)25-20(27)30-21(3,4)5/h13,15-17H,6-10H2,1-5H3,(H,25,27)(H,23,24,26)/t15-,16-/m0/s1. The molecular weight excluding hydrogens is 408 g/mol. The zero-order valence-corrected chi connectivity index (χ0v) is 19.0. The van der Waals surface area contributed by atoms with E-state index in [4.69, 9.17) is 25.8 Å². The molecule has 1 aromatic heterocycles.